The van der Waals surface area contributed by atoms with Crippen LogP contribution in [0, 0.1) is 0 Å². The molecule has 0 aliphatic rings. The lowest BCUT2D eigenvalue weighted by Gasteiger charge is -2.13. The Morgan fingerprint density at radius 2 is 2.22 bits per heavy atom. The Morgan fingerprint density at radius 1 is 1.61 bits per heavy atom. The van der Waals surface area contributed by atoms with Gasteiger partial charge in [0, 0.05) is 4.47 Å². The number of hydrogen-bond donors (Lipinski definition) is 3. The summed E-state index contributed by atoms with van der Waals surface area (Å²) in [6, 6.07) is 3.35. The van der Waals surface area contributed by atoms with E-state index < -0.39 is 16.1 Å². The molecule has 0 saturated heterocycles. The van der Waals surface area contributed by atoms with Crippen molar-refractivity contribution >= 4 is 43.4 Å². The van der Waals surface area contributed by atoms with Crippen molar-refractivity contribution in [2.24, 2.45) is 10.9 Å². The highest BCUT2D eigenvalue weighted by molar-refractivity contribution is 9.10. The maximum atomic E-state index is 12.0. The second kappa shape index (κ2) is 5.87. The minimum Gasteiger partial charge on any atom is -0.409 e. The second-order valence-corrected chi connectivity index (χ2v) is 6.42. The van der Waals surface area contributed by atoms with Crippen LogP contribution in [0.3, 0.4) is 0 Å². The Labute approximate surface area is 118 Å². The number of hydrogen-bond acceptors (Lipinski definition) is 4. The average molecular weight is 357 g/mol. The lowest BCUT2D eigenvalue weighted by Crippen LogP contribution is -2.42. The van der Waals surface area contributed by atoms with Gasteiger partial charge in [-0.2, -0.15) is 0 Å². The van der Waals surface area contributed by atoms with Crippen LogP contribution < -0.4 is 10.5 Å². The highest BCUT2D eigenvalue weighted by atomic mass is 79.9. The summed E-state index contributed by atoms with van der Waals surface area (Å²) in [6.07, 6.45) is 0. The first kappa shape index (κ1) is 15.2. The van der Waals surface area contributed by atoms with Crippen LogP contribution >= 0.6 is 27.5 Å². The van der Waals surface area contributed by atoms with Crippen LogP contribution in [0.5, 0.6) is 0 Å². The van der Waals surface area contributed by atoms with Gasteiger partial charge in [-0.25, -0.2) is 13.1 Å². The van der Waals surface area contributed by atoms with Gasteiger partial charge in [0.25, 0.3) is 0 Å². The molecule has 1 unspecified atom stereocenters. The van der Waals surface area contributed by atoms with Gasteiger partial charge >= 0.3 is 0 Å². The molecule has 100 valence electrons. The van der Waals surface area contributed by atoms with Crippen LogP contribution in [-0.2, 0) is 10.0 Å². The zero-order valence-corrected chi connectivity index (χ0v) is 12.4. The molecule has 18 heavy (non-hydrogen) atoms. The third kappa shape index (κ3) is 3.58. The fourth-order valence-electron chi connectivity index (χ4n) is 1.09. The quantitative estimate of drug-likeness (QED) is 0.329. The molecule has 0 aliphatic carbocycles. The van der Waals surface area contributed by atoms with Crippen molar-refractivity contribution in [3.8, 4) is 0 Å². The molecule has 1 atom stereocenters. The van der Waals surface area contributed by atoms with Gasteiger partial charge in [-0.1, -0.05) is 16.8 Å². The summed E-state index contributed by atoms with van der Waals surface area (Å²) in [7, 11) is -3.76. The molecule has 0 aliphatic heterocycles. The van der Waals surface area contributed by atoms with Crippen LogP contribution in [0.25, 0.3) is 0 Å². The van der Waals surface area contributed by atoms with Gasteiger partial charge in [-0.15, -0.1) is 0 Å². The monoisotopic (exact) mass is 355 g/mol. The van der Waals surface area contributed by atoms with Gasteiger partial charge in [0.15, 0.2) is 5.84 Å². The molecule has 0 radical (unpaired) electrons. The number of oxime groups is 1. The molecule has 1 rings (SSSR count). The molecular formula is C9H11BrClN3O3S. The van der Waals surface area contributed by atoms with Crippen molar-refractivity contribution < 1.29 is 13.6 Å². The highest BCUT2D eigenvalue weighted by Crippen LogP contribution is 2.25. The summed E-state index contributed by atoms with van der Waals surface area (Å²) in [5.41, 5.74) is 5.30. The summed E-state index contributed by atoms with van der Waals surface area (Å²) in [4.78, 5) is 0.0244. The lowest BCUT2D eigenvalue weighted by molar-refractivity contribution is 0.316. The Morgan fingerprint density at radius 3 is 2.72 bits per heavy atom. The molecule has 4 N–H and O–H groups in total. The van der Waals surface area contributed by atoms with Crippen molar-refractivity contribution in [2.45, 2.75) is 17.9 Å². The normalized spacial score (nSPS) is 14.5. The summed E-state index contributed by atoms with van der Waals surface area (Å²) in [6.45, 7) is 1.46. The number of nitrogens with one attached hydrogen (secondary N) is 1. The van der Waals surface area contributed by atoms with Gasteiger partial charge < -0.3 is 10.9 Å². The number of halogens is 2. The molecule has 0 amide bonds. The lowest BCUT2D eigenvalue weighted by atomic mass is 10.3. The molecule has 1 aromatic carbocycles. The largest absolute Gasteiger partial charge is 0.409 e. The maximum Gasteiger partial charge on any atom is 0.241 e. The van der Waals surface area contributed by atoms with Crippen molar-refractivity contribution in [1.29, 1.82) is 0 Å². The van der Waals surface area contributed by atoms with Crippen molar-refractivity contribution in [3.63, 3.8) is 0 Å². The van der Waals surface area contributed by atoms with Crippen LogP contribution in [0.1, 0.15) is 6.92 Å². The van der Waals surface area contributed by atoms with Gasteiger partial charge in [0.05, 0.1) is 16.0 Å². The van der Waals surface area contributed by atoms with E-state index in [9.17, 15) is 8.42 Å². The number of sulfonamides is 1. The van der Waals surface area contributed by atoms with E-state index in [2.05, 4.69) is 25.8 Å². The van der Waals surface area contributed by atoms with Gasteiger partial charge in [-0.05, 0) is 41.1 Å². The number of rotatable bonds is 4. The van der Waals surface area contributed by atoms with Crippen molar-refractivity contribution in [1.82, 2.24) is 4.72 Å². The van der Waals surface area contributed by atoms with E-state index in [4.69, 9.17) is 22.5 Å². The van der Waals surface area contributed by atoms with Crippen molar-refractivity contribution in [2.75, 3.05) is 0 Å². The van der Waals surface area contributed by atoms with Crippen molar-refractivity contribution in [3.05, 3.63) is 27.7 Å². The molecule has 6 nitrogen and oxygen atoms in total. The SMILES string of the molecule is CC(NS(=O)(=O)c1ccc(Cl)c(Br)c1)/C(N)=N/O. The molecule has 0 fully saturated rings. The fraction of sp³-hybridized carbons (Fsp3) is 0.222. The van der Waals surface area contributed by atoms with E-state index >= 15 is 0 Å². The van der Waals surface area contributed by atoms with E-state index in [0.717, 1.165) is 0 Å². The van der Waals surface area contributed by atoms with E-state index in [1.807, 2.05) is 0 Å². The number of nitrogens with two attached hydrogens (primary N) is 1. The topological polar surface area (TPSA) is 105 Å². The van der Waals surface area contributed by atoms with Crippen LogP contribution in [0.2, 0.25) is 5.02 Å². The van der Waals surface area contributed by atoms with Gasteiger partial charge in [0.1, 0.15) is 0 Å². The minimum atomic E-state index is -3.76. The van der Waals surface area contributed by atoms with E-state index in [0.29, 0.717) is 9.50 Å². The maximum absolute atomic E-state index is 12.0. The molecule has 0 bridgehead atoms. The van der Waals surface area contributed by atoms with Gasteiger partial charge in [0.2, 0.25) is 10.0 Å². The summed E-state index contributed by atoms with van der Waals surface area (Å²) >= 11 is 8.91. The number of benzene rings is 1. The molecule has 9 heteroatoms. The predicted octanol–water partition coefficient (Wildman–Crippen LogP) is 1.52. The Balaban J connectivity index is 3.03. The zero-order chi connectivity index (χ0) is 13.9. The molecular weight excluding hydrogens is 346 g/mol. The van der Waals surface area contributed by atoms with E-state index in [1.54, 1.807) is 0 Å². The Kier molecular flexibility index (Phi) is 4.97. The first-order chi connectivity index (χ1) is 8.27. The van der Waals surface area contributed by atoms with Crippen LogP contribution in [-0.4, -0.2) is 25.5 Å². The zero-order valence-electron chi connectivity index (χ0n) is 9.26. The molecule has 0 heterocycles. The Hall–Kier alpha value is -0.830. The summed E-state index contributed by atoms with van der Waals surface area (Å²) in [5, 5.41) is 11.6. The molecule has 0 spiro atoms. The smallest absolute Gasteiger partial charge is 0.241 e. The van der Waals surface area contributed by atoms with E-state index in [1.165, 1.54) is 25.1 Å². The molecule has 0 saturated carbocycles. The highest BCUT2D eigenvalue weighted by Gasteiger charge is 2.20. The Bertz CT molecular complexity index is 576. The molecule has 0 aromatic heterocycles. The minimum absolute atomic E-state index is 0.0244. The predicted molar refractivity (Wildman–Crippen MR) is 72.3 cm³/mol. The molecule has 1 aromatic rings. The fourth-order valence-corrected chi connectivity index (χ4v) is 2.98. The summed E-state index contributed by atoms with van der Waals surface area (Å²) in [5.74, 6) is -0.230. The van der Waals surface area contributed by atoms with Gasteiger partial charge in [-0.3, -0.25) is 0 Å². The first-order valence-corrected chi connectivity index (χ1v) is 7.38. The average Bonchev–Trinajstić information content (AvgIpc) is 2.30. The van der Waals surface area contributed by atoms with Crippen LogP contribution in [0.15, 0.2) is 32.7 Å². The van der Waals surface area contributed by atoms with E-state index in [-0.39, 0.29) is 10.7 Å². The summed E-state index contributed by atoms with van der Waals surface area (Å²) < 4.78 is 26.6. The first-order valence-electron chi connectivity index (χ1n) is 4.72. The number of amidine groups is 1. The standard InChI is InChI=1S/C9H11BrClN3O3S/c1-5(9(12)13-15)14-18(16,17)6-2-3-8(11)7(10)4-6/h2-5,14-15H,1H3,(H2,12,13). The third-order valence-electron chi connectivity index (χ3n) is 2.09. The number of nitrogens with zero attached hydrogens (tertiary/aromatic N) is 1. The van der Waals surface area contributed by atoms with Crippen LogP contribution in [0.4, 0.5) is 0 Å². The third-order valence-corrected chi connectivity index (χ3v) is 4.84. The second-order valence-electron chi connectivity index (χ2n) is 3.44.